The Balaban J connectivity index is 4.96. The van der Waals surface area contributed by atoms with E-state index in [2.05, 4.69) is 55.4 Å². The first kappa shape index (κ1) is 13.0. The fourth-order valence-corrected chi connectivity index (χ4v) is 2.38. The van der Waals surface area contributed by atoms with E-state index in [1.54, 1.807) is 0 Å². The predicted molar refractivity (Wildman–Crippen MR) is 61.9 cm³/mol. The van der Waals surface area contributed by atoms with Crippen molar-refractivity contribution in [1.82, 2.24) is 0 Å². The molecule has 0 heterocycles. The van der Waals surface area contributed by atoms with Gasteiger partial charge in [-0.05, 0) is 22.7 Å². The van der Waals surface area contributed by atoms with E-state index in [0.717, 1.165) is 0 Å². The first-order valence-electron chi connectivity index (χ1n) is 5.56. The second kappa shape index (κ2) is 3.63. The Hall–Kier alpha value is 0. The minimum atomic E-state index is 0.390. The molecule has 0 aromatic rings. The van der Waals surface area contributed by atoms with Gasteiger partial charge in [0.2, 0.25) is 0 Å². The van der Waals surface area contributed by atoms with Gasteiger partial charge in [0.1, 0.15) is 0 Å². The zero-order valence-corrected chi connectivity index (χ0v) is 10.9. The summed E-state index contributed by atoms with van der Waals surface area (Å²) in [6, 6.07) is 0. The second-order valence-corrected chi connectivity index (χ2v) is 6.58. The van der Waals surface area contributed by atoms with Crippen LogP contribution in [0, 0.1) is 16.2 Å². The highest BCUT2D eigenvalue weighted by Gasteiger charge is 2.45. The summed E-state index contributed by atoms with van der Waals surface area (Å²) in [5, 5.41) is 0. The van der Waals surface area contributed by atoms with Crippen LogP contribution in [-0.4, -0.2) is 0 Å². The van der Waals surface area contributed by atoms with Crippen molar-refractivity contribution in [1.29, 1.82) is 0 Å². The van der Waals surface area contributed by atoms with E-state index < -0.39 is 0 Å². The average Bonchev–Trinajstić information content (AvgIpc) is 1.82. The fourth-order valence-electron chi connectivity index (χ4n) is 2.38. The normalized spacial score (nSPS) is 14.8. The van der Waals surface area contributed by atoms with Crippen molar-refractivity contribution in [3.05, 3.63) is 0 Å². The van der Waals surface area contributed by atoms with E-state index in [4.69, 9.17) is 0 Å². The van der Waals surface area contributed by atoms with Crippen molar-refractivity contribution in [3.8, 4) is 0 Å². The maximum atomic E-state index is 2.44. The Bertz CT molecular complexity index is 138. The molecule has 0 aliphatic rings. The molecule has 0 heteroatoms. The monoisotopic (exact) mass is 184 g/mol. The van der Waals surface area contributed by atoms with Crippen LogP contribution in [0.4, 0.5) is 0 Å². The summed E-state index contributed by atoms with van der Waals surface area (Å²) >= 11 is 0. The lowest BCUT2D eigenvalue weighted by atomic mass is 9.53. The molecule has 0 radical (unpaired) electrons. The lowest BCUT2D eigenvalue weighted by Gasteiger charge is -2.52. The summed E-state index contributed by atoms with van der Waals surface area (Å²) < 4.78 is 0. The highest BCUT2D eigenvalue weighted by Crippen LogP contribution is 2.53. The Morgan fingerprint density at radius 3 is 1.08 bits per heavy atom. The van der Waals surface area contributed by atoms with Crippen LogP contribution in [0.5, 0.6) is 0 Å². The smallest absolute Gasteiger partial charge is 0.0229 e. The summed E-state index contributed by atoms with van der Waals surface area (Å²) in [5.41, 5.74) is 1.21. The largest absolute Gasteiger partial charge is 0.0654 e. The van der Waals surface area contributed by atoms with Crippen molar-refractivity contribution < 1.29 is 0 Å². The number of hydrogen-bond acceptors (Lipinski definition) is 0. The molecule has 13 heavy (non-hydrogen) atoms. The molecule has 0 amide bonds. The van der Waals surface area contributed by atoms with Crippen LogP contribution in [0.25, 0.3) is 0 Å². The summed E-state index contributed by atoms with van der Waals surface area (Å²) in [6.07, 6.45) is 2.60. The average molecular weight is 184 g/mol. The van der Waals surface area contributed by atoms with Crippen LogP contribution >= 0.6 is 0 Å². The van der Waals surface area contributed by atoms with Gasteiger partial charge in [-0.3, -0.25) is 0 Å². The molecule has 0 nitrogen and oxygen atoms in total. The van der Waals surface area contributed by atoms with E-state index in [9.17, 15) is 0 Å². The summed E-state index contributed by atoms with van der Waals surface area (Å²) in [7, 11) is 0. The van der Waals surface area contributed by atoms with Crippen LogP contribution < -0.4 is 0 Å². The van der Waals surface area contributed by atoms with Gasteiger partial charge >= 0.3 is 0 Å². The van der Waals surface area contributed by atoms with E-state index in [0.29, 0.717) is 16.2 Å². The van der Waals surface area contributed by atoms with Crippen molar-refractivity contribution in [3.63, 3.8) is 0 Å². The van der Waals surface area contributed by atoms with Crippen molar-refractivity contribution in [2.24, 2.45) is 16.2 Å². The molecular weight excluding hydrogens is 156 g/mol. The molecule has 0 fully saturated rings. The van der Waals surface area contributed by atoms with E-state index in [1.165, 1.54) is 12.8 Å². The predicted octanol–water partition coefficient (Wildman–Crippen LogP) is 4.89. The van der Waals surface area contributed by atoms with Crippen molar-refractivity contribution in [2.45, 2.75) is 68.2 Å². The number of hydrogen-bond donors (Lipinski definition) is 0. The number of rotatable bonds is 2. The van der Waals surface area contributed by atoms with E-state index in [-0.39, 0.29) is 0 Å². The van der Waals surface area contributed by atoms with Gasteiger partial charge in [0.25, 0.3) is 0 Å². The molecule has 0 saturated heterocycles. The van der Waals surface area contributed by atoms with Gasteiger partial charge in [0.15, 0.2) is 0 Å². The molecule has 0 bridgehead atoms. The summed E-state index contributed by atoms with van der Waals surface area (Å²) in [6.45, 7) is 18.9. The molecule has 80 valence electrons. The third-order valence-electron chi connectivity index (χ3n) is 4.06. The van der Waals surface area contributed by atoms with Gasteiger partial charge in [-0.1, -0.05) is 61.8 Å². The highest BCUT2D eigenvalue weighted by atomic mass is 14.5. The quantitative estimate of drug-likeness (QED) is 0.573. The highest BCUT2D eigenvalue weighted by molar-refractivity contribution is 4.94. The van der Waals surface area contributed by atoms with Gasteiger partial charge < -0.3 is 0 Å². The third kappa shape index (κ3) is 2.48. The Morgan fingerprint density at radius 2 is 1.00 bits per heavy atom. The molecule has 0 aromatic heterocycles. The molecule has 0 unspecified atom stereocenters. The van der Waals surface area contributed by atoms with Gasteiger partial charge in [0.05, 0.1) is 0 Å². The summed E-state index contributed by atoms with van der Waals surface area (Å²) in [5.74, 6) is 0. The Morgan fingerprint density at radius 1 is 0.692 bits per heavy atom. The lowest BCUT2D eigenvalue weighted by Crippen LogP contribution is -2.43. The Kier molecular flexibility index (Phi) is 3.63. The minimum Gasteiger partial charge on any atom is -0.0654 e. The van der Waals surface area contributed by atoms with Crippen molar-refractivity contribution in [2.75, 3.05) is 0 Å². The van der Waals surface area contributed by atoms with Gasteiger partial charge in [-0.25, -0.2) is 0 Å². The molecule has 0 spiro atoms. The standard InChI is InChI=1S/C13H28/c1-9-10-13(8,11(2,3)4)12(5,6)7/h9-10H2,1-8H3. The van der Waals surface area contributed by atoms with Crippen LogP contribution in [-0.2, 0) is 0 Å². The molecule has 0 aliphatic heterocycles. The first-order valence-corrected chi connectivity index (χ1v) is 5.56. The van der Waals surface area contributed by atoms with Crippen LogP contribution in [0.1, 0.15) is 68.2 Å². The molecule has 0 N–H and O–H groups in total. The summed E-state index contributed by atoms with van der Waals surface area (Å²) in [4.78, 5) is 0. The molecule has 0 saturated carbocycles. The topological polar surface area (TPSA) is 0 Å². The lowest BCUT2D eigenvalue weighted by molar-refractivity contribution is -0.0223. The maximum Gasteiger partial charge on any atom is -0.0229 e. The molecule has 0 rings (SSSR count). The zero-order chi connectivity index (χ0) is 10.9. The van der Waals surface area contributed by atoms with Gasteiger partial charge in [-0.2, -0.15) is 0 Å². The first-order chi connectivity index (χ1) is 5.56. The minimum absolute atomic E-state index is 0.390. The van der Waals surface area contributed by atoms with E-state index in [1.807, 2.05) is 0 Å². The molecule has 0 aromatic carbocycles. The second-order valence-electron chi connectivity index (χ2n) is 6.58. The Labute approximate surface area is 85.1 Å². The molecule has 0 aliphatic carbocycles. The van der Waals surface area contributed by atoms with Gasteiger partial charge in [-0.15, -0.1) is 0 Å². The SMILES string of the molecule is CCCC(C)(C(C)(C)C)C(C)(C)C. The van der Waals surface area contributed by atoms with E-state index >= 15 is 0 Å². The van der Waals surface area contributed by atoms with Crippen molar-refractivity contribution >= 4 is 0 Å². The van der Waals surface area contributed by atoms with Crippen LogP contribution in [0.3, 0.4) is 0 Å². The van der Waals surface area contributed by atoms with Gasteiger partial charge in [0, 0.05) is 0 Å². The third-order valence-corrected chi connectivity index (χ3v) is 4.06. The molecular formula is C13H28. The zero-order valence-electron chi connectivity index (χ0n) is 10.9. The molecule has 0 atom stereocenters. The maximum absolute atomic E-state index is 2.44. The fraction of sp³-hybridized carbons (Fsp3) is 1.00. The van der Waals surface area contributed by atoms with Crippen LogP contribution in [0.2, 0.25) is 0 Å². The van der Waals surface area contributed by atoms with Crippen LogP contribution in [0.15, 0.2) is 0 Å².